The maximum absolute atomic E-state index is 12.2. The van der Waals surface area contributed by atoms with Gasteiger partial charge in [-0.25, -0.2) is 4.79 Å². The molecular formula is C17H24N2O3. The van der Waals surface area contributed by atoms with Crippen molar-refractivity contribution in [2.24, 2.45) is 0 Å². The van der Waals surface area contributed by atoms with E-state index in [4.69, 9.17) is 9.47 Å². The average Bonchev–Trinajstić information content (AvgIpc) is 3.07. The Bertz CT molecular complexity index is 500. The van der Waals surface area contributed by atoms with Crippen LogP contribution >= 0.6 is 0 Å². The van der Waals surface area contributed by atoms with Crippen molar-refractivity contribution in [2.75, 3.05) is 32.9 Å². The minimum atomic E-state index is -0.00443. The summed E-state index contributed by atoms with van der Waals surface area (Å²) < 4.78 is 11.0. The number of rotatable bonds is 5. The van der Waals surface area contributed by atoms with Crippen LogP contribution in [-0.4, -0.2) is 49.9 Å². The molecule has 0 aromatic heterocycles. The SMILES string of the molecule is O=C(NCCOCC1CCCO1)N1CCc2ccccc2C1. The van der Waals surface area contributed by atoms with E-state index in [1.165, 1.54) is 11.1 Å². The van der Waals surface area contributed by atoms with Gasteiger partial charge in [0.2, 0.25) is 0 Å². The van der Waals surface area contributed by atoms with Crippen LogP contribution in [0, 0.1) is 0 Å². The molecule has 5 nitrogen and oxygen atoms in total. The Hall–Kier alpha value is -1.59. The third-order valence-electron chi connectivity index (χ3n) is 4.27. The van der Waals surface area contributed by atoms with Crippen molar-refractivity contribution in [1.82, 2.24) is 10.2 Å². The van der Waals surface area contributed by atoms with Crippen molar-refractivity contribution < 1.29 is 14.3 Å². The number of ether oxygens (including phenoxy) is 2. The fourth-order valence-electron chi connectivity index (χ4n) is 3.00. The van der Waals surface area contributed by atoms with Crippen molar-refractivity contribution in [1.29, 1.82) is 0 Å². The van der Waals surface area contributed by atoms with E-state index in [1.807, 2.05) is 11.0 Å². The second-order valence-electron chi connectivity index (χ2n) is 5.88. The highest BCUT2D eigenvalue weighted by molar-refractivity contribution is 5.74. The zero-order valence-corrected chi connectivity index (χ0v) is 12.9. The van der Waals surface area contributed by atoms with Crippen LogP contribution in [-0.2, 0) is 22.4 Å². The minimum absolute atomic E-state index is 0.00443. The van der Waals surface area contributed by atoms with Crippen molar-refractivity contribution in [2.45, 2.75) is 31.9 Å². The van der Waals surface area contributed by atoms with Crippen LogP contribution < -0.4 is 5.32 Å². The molecule has 2 amide bonds. The van der Waals surface area contributed by atoms with Crippen molar-refractivity contribution in [3.63, 3.8) is 0 Å². The van der Waals surface area contributed by atoms with E-state index < -0.39 is 0 Å². The predicted octanol–water partition coefficient (Wildman–Crippen LogP) is 1.95. The molecule has 0 radical (unpaired) electrons. The van der Waals surface area contributed by atoms with Crippen LogP contribution in [0.2, 0.25) is 0 Å². The molecule has 1 aromatic carbocycles. The third kappa shape index (κ3) is 3.99. The molecule has 1 fully saturated rings. The quantitative estimate of drug-likeness (QED) is 0.846. The third-order valence-corrected chi connectivity index (χ3v) is 4.27. The van der Waals surface area contributed by atoms with E-state index in [9.17, 15) is 4.79 Å². The van der Waals surface area contributed by atoms with Gasteiger partial charge >= 0.3 is 6.03 Å². The highest BCUT2D eigenvalue weighted by atomic mass is 16.5. The summed E-state index contributed by atoms with van der Waals surface area (Å²) in [4.78, 5) is 14.0. The van der Waals surface area contributed by atoms with Crippen LogP contribution in [0.5, 0.6) is 0 Å². The smallest absolute Gasteiger partial charge is 0.317 e. The number of urea groups is 1. The zero-order chi connectivity index (χ0) is 15.2. The van der Waals surface area contributed by atoms with Gasteiger partial charge in [0.25, 0.3) is 0 Å². The molecule has 0 saturated carbocycles. The molecule has 2 aliphatic heterocycles. The summed E-state index contributed by atoms with van der Waals surface area (Å²) in [6.45, 7) is 4.03. The maximum atomic E-state index is 12.2. The maximum Gasteiger partial charge on any atom is 0.317 e. The topological polar surface area (TPSA) is 50.8 Å². The van der Waals surface area contributed by atoms with Gasteiger partial charge in [-0.05, 0) is 30.4 Å². The Morgan fingerprint density at radius 3 is 3.05 bits per heavy atom. The lowest BCUT2D eigenvalue weighted by molar-refractivity contribution is 0.0186. The number of amides is 2. The number of hydrogen-bond acceptors (Lipinski definition) is 3. The summed E-state index contributed by atoms with van der Waals surface area (Å²) in [6, 6.07) is 8.32. The van der Waals surface area contributed by atoms with Crippen molar-refractivity contribution in [3.8, 4) is 0 Å². The first-order valence-corrected chi connectivity index (χ1v) is 8.12. The van der Waals surface area contributed by atoms with E-state index in [2.05, 4.69) is 23.5 Å². The normalized spacial score (nSPS) is 20.7. The zero-order valence-electron chi connectivity index (χ0n) is 12.9. The number of carbonyl (C=O) groups is 1. The fourth-order valence-corrected chi connectivity index (χ4v) is 3.00. The monoisotopic (exact) mass is 304 g/mol. The minimum Gasteiger partial charge on any atom is -0.377 e. The molecule has 1 atom stereocenters. The molecule has 1 aromatic rings. The van der Waals surface area contributed by atoms with Gasteiger partial charge < -0.3 is 19.7 Å². The van der Waals surface area contributed by atoms with E-state index in [0.29, 0.717) is 26.3 Å². The second kappa shape index (κ2) is 7.61. The molecule has 5 heteroatoms. The Morgan fingerprint density at radius 1 is 1.36 bits per heavy atom. The number of fused-ring (bicyclic) bond motifs is 1. The highest BCUT2D eigenvalue weighted by Crippen LogP contribution is 2.18. The van der Waals surface area contributed by atoms with Crippen LogP contribution in [0.4, 0.5) is 4.79 Å². The summed E-state index contributed by atoms with van der Waals surface area (Å²) in [6.07, 6.45) is 3.38. The molecule has 0 spiro atoms. The molecule has 0 aliphatic carbocycles. The largest absolute Gasteiger partial charge is 0.377 e. The Kier molecular flexibility index (Phi) is 5.29. The first kappa shape index (κ1) is 15.3. The molecule has 1 unspecified atom stereocenters. The van der Waals surface area contributed by atoms with Gasteiger partial charge in [0, 0.05) is 26.2 Å². The van der Waals surface area contributed by atoms with Gasteiger partial charge in [-0.2, -0.15) is 0 Å². The molecule has 120 valence electrons. The molecular weight excluding hydrogens is 280 g/mol. The lowest BCUT2D eigenvalue weighted by Gasteiger charge is -2.29. The summed E-state index contributed by atoms with van der Waals surface area (Å²) in [5, 5.41) is 2.93. The number of carbonyl (C=O) groups excluding carboxylic acids is 1. The molecule has 3 rings (SSSR count). The molecule has 0 bridgehead atoms. The van der Waals surface area contributed by atoms with Crippen LogP contribution in [0.3, 0.4) is 0 Å². The highest BCUT2D eigenvalue weighted by Gasteiger charge is 2.20. The molecule has 2 heterocycles. The standard InChI is InChI=1S/C17H24N2O3/c20-17(18-8-11-21-13-16-6-3-10-22-16)19-9-7-14-4-1-2-5-15(14)12-19/h1-2,4-5,16H,3,6-13H2,(H,18,20). The molecule has 2 aliphatic rings. The van der Waals surface area contributed by atoms with Crippen LogP contribution in [0.15, 0.2) is 24.3 Å². The van der Waals surface area contributed by atoms with Crippen molar-refractivity contribution in [3.05, 3.63) is 35.4 Å². The summed E-state index contributed by atoms with van der Waals surface area (Å²) in [7, 11) is 0. The lowest BCUT2D eigenvalue weighted by Crippen LogP contribution is -2.43. The van der Waals surface area contributed by atoms with Gasteiger partial charge in [0.1, 0.15) is 0 Å². The van der Waals surface area contributed by atoms with Crippen LogP contribution in [0.25, 0.3) is 0 Å². The Labute approximate surface area is 131 Å². The van der Waals surface area contributed by atoms with Gasteiger partial charge in [-0.3, -0.25) is 0 Å². The molecule has 22 heavy (non-hydrogen) atoms. The number of hydrogen-bond donors (Lipinski definition) is 1. The number of nitrogens with zero attached hydrogens (tertiary/aromatic N) is 1. The van der Waals surface area contributed by atoms with E-state index in [1.54, 1.807) is 0 Å². The van der Waals surface area contributed by atoms with Crippen LogP contribution in [0.1, 0.15) is 24.0 Å². The lowest BCUT2D eigenvalue weighted by atomic mass is 10.0. The van der Waals surface area contributed by atoms with Crippen molar-refractivity contribution >= 4 is 6.03 Å². The summed E-state index contributed by atoms with van der Waals surface area (Å²) in [5.74, 6) is 0. The first-order valence-electron chi connectivity index (χ1n) is 8.12. The summed E-state index contributed by atoms with van der Waals surface area (Å²) >= 11 is 0. The number of benzene rings is 1. The summed E-state index contributed by atoms with van der Waals surface area (Å²) in [5.41, 5.74) is 2.60. The van der Waals surface area contributed by atoms with Gasteiger partial charge in [0.05, 0.1) is 19.3 Å². The second-order valence-corrected chi connectivity index (χ2v) is 5.88. The van der Waals surface area contributed by atoms with E-state index >= 15 is 0 Å². The Morgan fingerprint density at radius 2 is 2.23 bits per heavy atom. The number of nitrogens with one attached hydrogen (secondary N) is 1. The van der Waals surface area contributed by atoms with Gasteiger partial charge in [-0.1, -0.05) is 24.3 Å². The fraction of sp³-hybridized carbons (Fsp3) is 0.588. The molecule has 1 saturated heterocycles. The van der Waals surface area contributed by atoms with Gasteiger partial charge in [0.15, 0.2) is 0 Å². The van der Waals surface area contributed by atoms with Gasteiger partial charge in [-0.15, -0.1) is 0 Å². The predicted molar refractivity (Wildman–Crippen MR) is 83.7 cm³/mol. The average molecular weight is 304 g/mol. The van der Waals surface area contributed by atoms with E-state index in [0.717, 1.165) is 32.4 Å². The Balaban J connectivity index is 1.34. The first-order chi connectivity index (χ1) is 10.8. The molecule has 1 N–H and O–H groups in total. The van der Waals surface area contributed by atoms with E-state index in [-0.39, 0.29) is 12.1 Å².